The predicted octanol–water partition coefficient (Wildman–Crippen LogP) is 6.26. The van der Waals surface area contributed by atoms with Gasteiger partial charge in [0, 0.05) is 0 Å². The van der Waals surface area contributed by atoms with Gasteiger partial charge in [-0.15, -0.1) is 0 Å². The molecule has 25 heavy (non-hydrogen) atoms. The predicted molar refractivity (Wildman–Crippen MR) is 91.6 cm³/mol. The number of hydrogen-bond acceptors (Lipinski definition) is 2. The monoisotopic (exact) mass is 356 g/mol. The van der Waals surface area contributed by atoms with Crippen molar-refractivity contribution in [2.24, 2.45) is 5.92 Å². The Morgan fingerprint density at radius 1 is 1.08 bits per heavy atom. The normalized spacial score (nSPS) is 21.1. The highest BCUT2D eigenvalue weighted by Gasteiger charge is 2.30. The molecule has 1 fully saturated rings. The van der Waals surface area contributed by atoms with Gasteiger partial charge in [0.25, 0.3) is 0 Å². The second-order valence-electron chi connectivity index (χ2n) is 7.03. The fourth-order valence-corrected chi connectivity index (χ4v) is 3.59. The number of rotatable bonds is 7. The van der Waals surface area contributed by atoms with E-state index in [1.807, 2.05) is 12.1 Å². The second kappa shape index (κ2) is 9.25. The van der Waals surface area contributed by atoms with Crippen LogP contribution in [0.1, 0.15) is 80.1 Å². The molecule has 2 nitrogen and oxygen atoms in total. The molecule has 0 saturated heterocycles. The summed E-state index contributed by atoms with van der Waals surface area (Å²) >= 11 is 0. The van der Waals surface area contributed by atoms with Crippen LogP contribution >= 0.6 is 0 Å². The lowest BCUT2D eigenvalue weighted by Crippen LogP contribution is -2.20. The van der Waals surface area contributed by atoms with Gasteiger partial charge in [0.05, 0.1) is 5.56 Å². The minimum absolute atomic E-state index is 0.168. The van der Waals surface area contributed by atoms with Gasteiger partial charge in [-0.25, -0.2) is 4.79 Å². The van der Waals surface area contributed by atoms with Crippen molar-refractivity contribution >= 4 is 5.97 Å². The Kier molecular flexibility index (Phi) is 7.33. The first-order chi connectivity index (χ1) is 11.9. The Balaban J connectivity index is 1.81. The van der Waals surface area contributed by atoms with Crippen LogP contribution in [0.4, 0.5) is 13.2 Å². The standard InChI is InChI=1S/C20H27F3O2/c1-2-3-4-5-15-6-8-16(9-7-15)17-10-12-18(13-11-17)19(24)25-14-20(21,22)23/h10-13,15-16H,2-9,14H2,1H3. The Bertz CT molecular complexity index is 529. The first-order valence-electron chi connectivity index (χ1n) is 9.23. The average Bonchev–Trinajstić information content (AvgIpc) is 2.60. The molecule has 0 spiro atoms. The maximum atomic E-state index is 12.1. The van der Waals surface area contributed by atoms with Gasteiger partial charge in [-0.2, -0.15) is 13.2 Å². The van der Waals surface area contributed by atoms with Crippen molar-refractivity contribution in [2.75, 3.05) is 6.61 Å². The van der Waals surface area contributed by atoms with E-state index >= 15 is 0 Å². The molecule has 0 unspecified atom stereocenters. The highest BCUT2D eigenvalue weighted by Crippen LogP contribution is 2.37. The zero-order chi connectivity index (χ0) is 18.3. The molecule has 1 aromatic rings. The number of alkyl halides is 3. The summed E-state index contributed by atoms with van der Waals surface area (Å²) in [6, 6.07) is 6.85. The van der Waals surface area contributed by atoms with E-state index in [-0.39, 0.29) is 5.56 Å². The van der Waals surface area contributed by atoms with Crippen molar-refractivity contribution in [1.29, 1.82) is 0 Å². The minimum atomic E-state index is -4.49. The maximum Gasteiger partial charge on any atom is 0.422 e. The number of ether oxygens (including phenoxy) is 1. The van der Waals surface area contributed by atoms with E-state index < -0.39 is 18.8 Å². The zero-order valence-corrected chi connectivity index (χ0v) is 14.8. The quantitative estimate of drug-likeness (QED) is 0.426. The van der Waals surface area contributed by atoms with Gasteiger partial charge in [-0.1, -0.05) is 44.7 Å². The number of halogens is 3. The summed E-state index contributed by atoms with van der Waals surface area (Å²) in [5, 5.41) is 0. The smallest absolute Gasteiger partial charge is 0.422 e. The summed E-state index contributed by atoms with van der Waals surface area (Å²) in [6.45, 7) is 0.676. The Morgan fingerprint density at radius 2 is 1.72 bits per heavy atom. The number of unbranched alkanes of at least 4 members (excludes halogenated alkanes) is 2. The lowest BCUT2D eigenvalue weighted by Gasteiger charge is -2.29. The molecule has 0 atom stereocenters. The van der Waals surface area contributed by atoms with E-state index in [0.717, 1.165) is 18.8 Å². The van der Waals surface area contributed by atoms with Crippen molar-refractivity contribution in [1.82, 2.24) is 0 Å². The van der Waals surface area contributed by atoms with Crippen LogP contribution in [-0.4, -0.2) is 18.8 Å². The van der Waals surface area contributed by atoms with Gasteiger partial charge < -0.3 is 4.74 Å². The molecule has 0 radical (unpaired) electrons. The van der Waals surface area contributed by atoms with Crippen LogP contribution in [0.15, 0.2) is 24.3 Å². The van der Waals surface area contributed by atoms with Crippen molar-refractivity contribution in [3.63, 3.8) is 0 Å². The lowest BCUT2D eigenvalue weighted by atomic mass is 9.77. The van der Waals surface area contributed by atoms with E-state index in [9.17, 15) is 18.0 Å². The molecule has 0 aromatic heterocycles. The summed E-state index contributed by atoms with van der Waals surface area (Å²) in [7, 11) is 0. The van der Waals surface area contributed by atoms with Crippen molar-refractivity contribution in [3.8, 4) is 0 Å². The van der Waals surface area contributed by atoms with Gasteiger partial charge in [-0.05, 0) is 55.2 Å². The highest BCUT2D eigenvalue weighted by atomic mass is 19.4. The molecule has 1 aromatic carbocycles. The van der Waals surface area contributed by atoms with E-state index in [1.165, 1.54) is 44.1 Å². The topological polar surface area (TPSA) is 26.3 Å². The van der Waals surface area contributed by atoms with Gasteiger partial charge in [0.2, 0.25) is 0 Å². The number of hydrogen-bond donors (Lipinski definition) is 0. The van der Waals surface area contributed by atoms with Crippen LogP contribution in [0.3, 0.4) is 0 Å². The van der Waals surface area contributed by atoms with Gasteiger partial charge >= 0.3 is 12.1 Å². The third-order valence-electron chi connectivity index (χ3n) is 5.05. The van der Waals surface area contributed by atoms with Crippen LogP contribution < -0.4 is 0 Å². The third-order valence-corrected chi connectivity index (χ3v) is 5.05. The molecule has 2 rings (SSSR count). The Morgan fingerprint density at radius 3 is 2.28 bits per heavy atom. The summed E-state index contributed by atoms with van der Waals surface area (Å²) in [5.74, 6) is 0.394. The van der Waals surface area contributed by atoms with Gasteiger partial charge in [-0.3, -0.25) is 0 Å². The molecule has 0 aliphatic heterocycles. The van der Waals surface area contributed by atoms with E-state index in [0.29, 0.717) is 5.92 Å². The first-order valence-corrected chi connectivity index (χ1v) is 9.23. The molecule has 5 heteroatoms. The number of esters is 1. The molecule has 1 aliphatic rings. The largest absolute Gasteiger partial charge is 0.452 e. The fourth-order valence-electron chi connectivity index (χ4n) is 3.59. The van der Waals surface area contributed by atoms with Gasteiger partial charge in [0.15, 0.2) is 6.61 Å². The number of benzene rings is 1. The molecule has 0 heterocycles. The van der Waals surface area contributed by atoms with Crippen molar-refractivity contribution < 1.29 is 22.7 Å². The molecule has 0 N–H and O–H groups in total. The molecule has 1 aliphatic carbocycles. The van der Waals surface area contributed by atoms with E-state index in [4.69, 9.17) is 0 Å². The Hall–Kier alpha value is -1.52. The van der Waals surface area contributed by atoms with Crippen molar-refractivity contribution in [3.05, 3.63) is 35.4 Å². The molecular weight excluding hydrogens is 329 g/mol. The van der Waals surface area contributed by atoms with Crippen LogP contribution in [0.25, 0.3) is 0 Å². The minimum Gasteiger partial charge on any atom is -0.452 e. The summed E-state index contributed by atoms with van der Waals surface area (Å²) in [6.07, 6.45) is 5.49. The second-order valence-corrected chi connectivity index (χ2v) is 7.03. The van der Waals surface area contributed by atoms with Crippen LogP contribution in [0.2, 0.25) is 0 Å². The average molecular weight is 356 g/mol. The molecule has 140 valence electrons. The molecular formula is C20H27F3O2. The third kappa shape index (κ3) is 6.71. The maximum absolute atomic E-state index is 12.1. The molecule has 0 bridgehead atoms. The number of carbonyl (C=O) groups excluding carboxylic acids is 1. The SMILES string of the molecule is CCCCCC1CCC(c2ccc(C(=O)OCC(F)(F)F)cc2)CC1. The summed E-state index contributed by atoms with van der Waals surface area (Å²) < 4.78 is 40.5. The number of carbonyl (C=O) groups is 1. The van der Waals surface area contributed by atoms with Crippen molar-refractivity contribution in [2.45, 2.75) is 70.4 Å². The summed E-state index contributed by atoms with van der Waals surface area (Å²) in [5.41, 5.74) is 1.33. The molecule has 1 saturated carbocycles. The highest BCUT2D eigenvalue weighted by molar-refractivity contribution is 5.89. The van der Waals surface area contributed by atoms with Crippen LogP contribution in [0, 0.1) is 5.92 Å². The van der Waals surface area contributed by atoms with Gasteiger partial charge in [0.1, 0.15) is 0 Å². The Labute approximate surface area is 147 Å². The van der Waals surface area contributed by atoms with Crippen LogP contribution in [-0.2, 0) is 4.74 Å². The lowest BCUT2D eigenvalue weighted by molar-refractivity contribution is -0.161. The zero-order valence-electron chi connectivity index (χ0n) is 14.8. The van der Waals surface area contributed by atoms with E-state index in [1.54, 1.807) is 12.1 Å². The summed E-state index contributed by atoms with van der Waals surface area (Å²) in [4.78, 5) is 11.6. The van der Waals surface area contributed by atoms with E-state index in [2.05, 4.69) is 11.7 Å². The fraction of sp³-hybridized carbons (Fsp3) is 0.650. The molecule has 0 amide bonds. The first kappa shape index (κ1) is 19.8. The van der Waals surface area contributed by atoms with Crippen LogP contribution in [0.5, 0.6) is 0 Å².